The number of primary amides is 1. The van der Waals surface area contributed by atoms with Crippen LogP contribution >= 0.6 is 0 Å². The minimum absolute atomic E-state index is 0.00795. The molecule has 1 fully saturated rings. The van der Waals surface area contributed by atoms with Gasteiger partial charge in [-0.2, -0.15) is 0 Å². The topological polar surface area (TPSA) is 99.7 Å². The van der Waals surface area contributed by atoms with Crippen LogP contribution in [0.4, 0.5) is 0 Å². The predicted molar refractivity (Wildman–Crippen MR) is 137 cm³/mol. The quantitative estimate of drug-likeness (QED) is 0.445. The second kappa shape index (κ2) is 11.0. The third-order valence-electron chi connectivity index (χ3n) is 6.78. The van der Waals surface area contributed by atoms with Gasteiger partial charge in [0.2, 0.25) is 11.8 Å². The zero-order valence-corrected chi connectivity index (χ0v) is 21.1. The Kier molecular flexibility index (Phi) is 7.74. The molecular weight excluding hydrogens is 456 g/mol. The second-order valence-corrected chi connectivity index (χ2v) is 9.28. The van der Waals surface area contributed by atoms with Crippen LogP contribution in [0.5, 0.6) is 5.75 Å². The molecule has 2 heterocycles. The van der Waals surface area contributed by atoms with Gasteiger partial charge in [-0.15, -0.1) is 0 Å². The fraction of sp³-hybridized carbons (Fsp3) is 0.393. The van der Waals surface area contributed by atoms with E-state index < -0.39 is 11.6 Å². The number of nitrogens with two attached hydrogens (primary N) is 1. The lowest BCUT2D eigenvalue weighted by Gasteiger charge is -2.51. The molecule has 4 rings (SSSR count). The molecule has 1 atom stereocenters. The number of carbonyl (C=O) groups is 2. The summed E-state index contributed by atoms with van der Waals surface area (Å²) in [5.41, 5.74) is 8.82. The van der Waals surface area contributed by atoms with Crippen LogP contribution in [-0.2, 0) is 32.8 Å². The number of rotatable bonds is 11. The molecule has 0 spiro atoms. The Morgan fingerprint density at radius 2 is 1.86 bits per heavy atom. The number of carbonyl (C=O) groups excluding carboxylic acids is 2. The highest BCUT2D eigenvalue weighted by Gasteiger charge is 2.49. The molecular formula is C28H34N4O4. The van der Waals surface area contributed by atoms with Crippen LogP contribution in [0, 0.1) is 6.92 Å². The minimum Gasteiger partial charge on any atom is -0.497 e. The standard InChI is InChI=1S/C28H34N4O4/c1-4-36-28(24-8-6-5-7-20(24)2)17-32(18-28)27(34)25(15-21-9-12-23(35-3)13-10-21)31-16-22(30-19-31)11-14-26(29)33/h5-10,12-13,16,19,25H,4,11,14-15,17-18H2,1-3H3,(H2,29,33)/t25-/m1/s1. The van der Waals surface area contributed by atoms with Crippen LogP contribution in [-0.4, -0.2) is 53.1 Å². The molecule has 0 aliphatic carbocycles. The molecule has 1 aliphatic heterocycles. The Morgan fingerprint density at radius 1 is 1.14 bits per heavy atom. The molecule has 36 heavy (non-hydrogen) atoms. The van der Waals surface area contributed by atoms with Crippen molar-refractivity contribution in [1.82, 2.24) is 14.5 Å². The second-order valence-electron chi connectivity index (χ2n) is 9.28. The first-order chi connectivity index (χ1) is 17.3. The molecule has 190 valence electrons. The summed E-state index contributed by atoms with van der Waals surface area (Å²) in [5.74, 6) is 0.397. The summed E-state index contributed by atoms with van der Waals surface area (Å²) < 4.78 is 13.4. The molecule has 1 aromatic heterocycles. The van der Waals surface area contributed by atoms with Gasteiger partial charge in [-0.3, -0.25) is 9.59 Å². The maximum atomic E-state index is 13.9. The largest absolute Gasteiger partial charge is 0.497 e. The van der Waals surface area contributed by atoms with E-state index in [1.54, 1.807) is 13.4 Å². The van der Waals surface area contributed by atoms with Gasteiger partial charge >= 0.3 is 0 Å². The first-order valence-electron chi connectivity index (χ1n) is 12.3. The summed E-state index contributed by atoms with van der Waals surface area (Å²) >= 11 is 0. The van der Waals surface area contributed by atoms with E-state index in [9.17, 15) is 9.59 Å². The van der Waals surface area contributed by atoms with E-state index in [2.05, 4.69) is 24.0 Å². The molecule has 8 heteroatoms. The van der Waals surface area contributed by atoms with Gasteiger partial charge in [0.25, 0.3) is 0 Å². The number of hydrogen-bond donors (Lipinski definition) is 1. The van der Waals surface area contributed by atoms with Crippen LogP contribution in [0.1, 0.15) is 41.8 Å². The van der Waals surface area contributed by atoms with Gasteiger partial charge in [0.1, 0.15) is 17.4 Å². The monoisotopic (exact) mass is 490 g/mol. The molecule has 2 N–H and O–H groups in total. The molecule has 0 bridgehead atoms. The number of amides is 2. The van der Waals surface area contributed by atoms with Crippen molar-refractivity contribution in [2.24, 2.45) is 5.73 Å². The van der Waals surface area contributed by atoms with Gasteiger partial charge in [0.15, 0.2) is 0 Å². The van der Waals surface area contributed by atoms with Crippen LogP contribution in [0.25, 0.3) is 0 Å². The zero-order chi connectivity index (χ0) is 25.7. The van der Waals surface area contributed by atoms with Gasteiger partial charge in [0.05, 0.1) is 32.2 Å². The fourth-order valence-corrected chi connectivity index (χ4v) is 4.87. The van der Waals surface area contributed by atoms with Crippen LogP contribution in [0.3, 0.4) is 0 Å². The zero-order valence-electron chi connectivity index (χ0n) is 21.1. The number of imidazole rings is 1. The molecule has 0 saturated carbocycles. The van der Waals surface area contributed by atoms with E-state index in [1.165, 1.54) is 0 Å². The summed E-state index contributed by atoms with van der Waals surface area (Å²) in [7, 11) is 1.63. The Balaban J connectivity index is 1.57. The molecule has 1 aliphatic rings. The maximum Gasteiger partial charge on any atom is 0.246 e. The maximum absolute atomic E-state index is 13.9. The summed E-state index contributed by atoms with van der Waals surface area (Å²) in [6.07, 6.45) is 4.66. The lowest BCUT2D eigenvalue weighted by atomic mass is 9.82. The molecule has 3 aromatic rings. The van der Waals surface area contributed by atoms with Gasteiger partial charge < -0.3 is 24.7 Å². The van der Waals surface area contributed by atoms with E-state index in [0.717, 1.165) is 28.1 Å². The minimum atomic E-state index is -0.498. The van der Waals surface area contributed by atoms with Crippen molar-refractivity contribution in [3.63, 3.8) is 0 Å². The fourth-order valence-electron chi connectivity index (χ4n) is 4.87. The number of likely N-dealkylation sites (tertiary alicyclic amines) is 1. The van der Waals surface area contributed by atoms with E-state index in [1.807, 2.05) is 59.0 Å². The van der Waals surface area contributed by atoms with Crippen molar-refractivity contribution >= 4 is 11.8 Å². The van der Waals surface area contributed by atoms with Gasteiger partial charge in [0, 0.05) is 25.6 Å². The van der Waals surface area contributed by atoms with Crippen molar-refractivity contribution in [2.75, 3.05) is 26.8 Å². The SMILES string of the molecule is CCOC1(c2ccccc2C)CN(C(=O)[C@@H](Cc2ccc(OC)cc2)n2cnc(CCC(N)=O)c2)C1. The average molecular weight is 491 g/mol. The Hall–Kier alpha value is -3.65. The van der Waals surface area contributed by atoms with Gasteiger partial charge in [-0.1, -0.05) is 36.4 Å². The van der Waals surface area contributed by atoms with Gasteiger partial charge in [-0.05, 0) is 49.1 Å². The van der Waals surface area contributed by atoms with Crippen LogP contribution in [0.15, 0.2) is 61.1 Å². The van der Waals surface area contributed by atoms with Gasteiger partial charge in [-0.25, -0.2) is 4.98 Å². The van der Waals surface area contributed by atoms with Crippen LogP contribution in [0.2, 0.25) is 0 Å². The molecule has 8 nitrogen and oxygen atoms in total. The lowest BCUT2D eigenvalue weighted by molar-refractivity contribution is -0.174. The van der Waals surface area contributed by atoms with Crippen molar-refractivity contribution in [3.8, 4) is 5.75 Å². The predicted octanol–water partition coefficient (Wildman–Crippen LogP) is 3.18. The average Bonchev–Trinajstić information content (AvgIpc) is 3.32. The summed E-state index contributed by atoms with van der Waals surface area (Å²) in [4.78, 5) is 31.4. The Bertz CT molecular complexity index is 1200. The highest BCUT2D eigenvalue weighted by molar-refractivity contribution is 5.82. The molecule has 2 amide bonds. The summed E-state index contributed by atoms with van der Waals surface area (Å²) in [6.45, 7) is 5.61. The molecule has 0 unspecified atom stereocenters. The number of hydrogen-bond acceptors (Lipinski definition) is 5. The highest BCUT2D eigenvalue weighted by atomic mass is 16.5. The first-order valence-corrected chi connectivity index (χ1v) is 12.3. The van der Waals surface area contributed by atoms with Crippen molar-refractivity contribution < 1.29 is 19.1 Å². The number of aryl methyl sites for hydroxylation is 2. The molecule has 2 aromatic carbocycles. The number of ether oxygens (including phenoxy) is 2. The molecule has 0 radical (unpaired) electrons. The number of nitrogens with zero attached hydrogens (tertiary/aromatic N) is 3. The lowest BCUT2D eigenvalue weighted by Crippen LogP contribution is -2.64. The number of methoxy groups -OCH3 is 1. The number of aromatic nitrogens is 2. The molecule has 1 saturated heterocycles. The van der Waals surface area contributed by atoms with Crippen LogP contribution < -0.4 is 10.5 Å². The van der Waals surface area contributed by atoms with Crippen molar-refractivity contribution in [3.05, 3.63) is 83.4 Å². The normalized spacial score (nSPS) is 15.2. The van der Waals surface area contributed by atoms with E-state index in [-0.39, 0.29) is 18.2 Å². The first kappa shape index (κ1) is 25.4. The Morgan fingerprint density at radius 3 is 2.50 bits per heavy atom. The smallest absolute Gasteiger partial charge is 0.246 e. The van der Waals surface area contributed by atoms with E-state index in [4.69, 9.17) is 15.2 Å². The summed E-state index contributed by atoms with van der Waals surface area (Å²) in [5, 5.41) is 0. The van der Waals surface area contributed by atoms with Crippen molar-refractivity contribution in [1.29, 1.82) is 0 Å². The summed E-state index contributed by atoms with van der Waals surface area (Å²) in [6, 6.07) is 15.4. The van der Waals surface area contributed by atoms with Crippen molar-refractivity contribution in [2.45, 2.75) is 44.8 Å². The third kappa shape index (κ3) is 5.44. The number of benzene rings is 2. The third-order valence-corrected chi connectivity index (χ3v) is 6.78. The van der Waals surface area contributed by atoms with E-state index in [0.29, 0.717) is 32.5 Å². The van der Waals surface area contributed by atoms with E-state index >= 15 is 0 Å². The Labute approximate surface area is 212 Å². The highest BCUT2D eigenvalue weighted by Crippen LogP contribution is 2.39.